The van der Waals surface area contributed by atoms with Crippen molar-refractivity contribution in [3.05, 3.63) is 53.9 Å². The molecule has 1 aliphatic heterocycles. The van der Waals surface area contributed by atoms with Gasteiger partial charge < -0.3 is 35.3 Å². The number of aromatic amines is 1. The molecule has 4 rings (SSSR count). The molecule has 0 spiro atoms. The Hall–Kier alpha value is -5.11. The molecule has 2 aromatic heterocycles. The number of aliphatic hydroxyl groups is 1. The van der Waals surface area contributed by atoms with E-state index in [0.717, 1.165) is 0 Å². The highest BCUT2D eigenvalue weighted by Crippen LogP contribution is 2.32. The van der Waals surface area contributed by atoms with E-state index in [9.17, 15) is 19.2 Å². The predicted octanol–water partition coefficient (Wildman–Crippen LogP) is 1.68. The van der Waals surface area contributed by atoms with Gasteiger partial charge in [-0.25, -0.2) is 9.98 Å². The zero-order valence-corrected chi connectivity index (χ0v) is 24.8. The molecule has 0 aliphatic carbocycles. The van der Waals surface area contributed by atoms with Gasteiger partial charge in [-0.05, 0) is 18.6 Å². The summed E-state index contributed by atoms with van der Waals surface area (Å²) in [7, 11) is 1.43. The van der Waals surface area contributed by atoms with Gasteiger partial charge in [0.15, 0.2) is 5.82 Å². The number of nitrogens with zero attached hydrogens (tertiary/aromatic N) is 4. The van der Waals surface area contributed by atoms with Gasteiger partial charge in [0.1, 0.15) is 11.6 Å². The van der Waals surface area contributed by atoms with Crippen molar-refractivity contribution in [1.29, 1.82) is 5.41 Å². The van der Waals surface area contributed by atoms with E-state index in [-0.39, 0.29) is 67.4 Å². The summed E-state index contributed by atoms with van der Waals surface area (Å²) < 4.78 is 5.43. The minimum Gasteiger partial charge on any atom is -0.494 e. The van der Waals surface area contributed by atoms with Gasteiger partial charge in [0, 0.05) is 50.0 Å². The van der Waals surface area contributed by atoms with Crippen LogP contribution >= 0.6 is 0 Å². The molecular formula is C30H36N8O6. The summed E-state index contributed by atoms with van der Waals surface area (Å²) in [5, 5.41) is 23.0. The molecule has 3 heterocycles. The lowest BCUT2D eigenvalue weighted by atomic mass is 9.89. The summed E-state index contributed by atoms with van der Waals surface area (Å²) in [6, 6.07) is 8.90. The van der Waals surface area contributed by atoms with Crippen LogP contribution in [0.15, 0.2) is 47.7 Å². The molecule has 1 aromatic carbocycles. The quantitative estimate of drug-likeness (QED) is 0.0944. The Morgan fingerprint density at radius 3 is 2.48 bits per heavy atom. The number of piperazine rings is 1. The maximum Gasteiger partial charge on any atom is 0.295 e. The second-order valence-corrected chi connectivity index (χ2v) is 10.8. The molecule has 232 valence electrons. The van der Waals surface area contributed by atoms with Crippen LogP contribution in [-0.4, -0.2) is 107 Å². The van der Waals surface area contributed by atoms with Crippen LogP contribution in [-0.2, 0) is 9.59 Å². The van der Waals surface area contributed by atoms with E-state index in [1.807, 2.05) is 6.07 Å². The van der Waals surface area contributed by atoms with E-state index in [1.165, 1.54) is 30.7 Å². The molecular weight excluding hydrogens is 568 g/mol. The number of amidine groups is 1. The van der Waals surface area contributed by atoms with Crippen LogP contribution in [0.3, 0.4) is 0 Å². The van der Waals surface area contributed by atoms with Crippen LogP contribution in [0.25, 0.3) is 10.9 Å². The third kappa shape index (κ3) is 7.09. The number of rotatable bonds is 11. The number of pyridine rings is 1. The van der Waals surface area contributed by atoms with Crippen molar-refractivity contribution < 1.29 is 29.0 Å². The van der Waals surface area contributed by atoms with Gasteiger partial charge >= 0.3 is 0 Å². The Morgan fingerprint density at radius 1 is 1.14 bits per heavy atom. The Morgan fingerprint density at radius 2 is 1.82 bits per heavy atom. The van der Waals surface area contributed by atoms with E-state index in [1.54, 1.807) is 43.0 Å². The normalized spacial score (nSPS) is 13.6. The van der Waals surface area contributed by atoms with E-state index >= 15 is 0 Å². The molecule has 1 aliphatic rings. The Bertz CT molecular complexity index is 1570. The molecule has 14 nitrogen and oxygen atoms in total. The highest BCUT2D eigenvalue weighted by Gasteiger charge is 2.31. The number of benzene rings is 1. The summed E-state index contributed by atoms with van der Waals surface area (Å²) >= 11 is 0. The lowest BCUT2D eigenvalue weighted by Crippen LogP contribution is -2.52. The molecule has 3 amide bonds. The van der Waals surface area contributed by atoms with Gasteiger partial charge in [0.05, 0.1) is 42.7 Å². The summed E-state index contributed by atoms with van der Waals surface area (Å²) in [5.41, 5.74) is 0.276. The smallest absolute Gasteiger partial charge is 0.295 e. The van der Waals surface area contributed by atoms with Gasteiger partial charge in [-0.2, -0.15) is 0 Å². The van der Waals surface area contributed by atoms with Gasteiger partial charge in [-0.1, -0.05) is 32.0 Å². The van der Waals surface area contributed by atoms with Crippen molar-refractivity contribution in [2.75, 3.05) is 51.8 Å². The summed E-state index contributed by atoms with van der Waals surface area (Å²) in [6.45, 7) is 4.21. The number of carbonyl (C=O) groups is 4. The summed E-state index contributed by atoms with van der Waals surface area (Å²) in [4.78, 5) is 66.0. The fourth-order valence-electron chi connectivity index (χ4n) is 4.71. The van der Waals surface area contributed by atoms with Crippen LogP contribution in [0, 0.1) is 10.8 Å². The molecule has 44 heavy (non-hydrogen) atoms. The Labute approximate surface area is 254 Å². The lowest BCUT2D eigenvalue weighted by Gasteiger charge is -2.34. The number of H-pyrrole nitrogens is 1. The molecule has 5 N–H and O–H groups in total. The van der Waals surface area contributed by atoms with E-state index in [2.05, 4.69) is 25.6 Å². The van der Waals surface area contributed by atoms with Crippen molar-refractivity contribution in [3.8, 4) is 5.75 Å². The Kier molecular flexibility index (Phi) is 10.1. The minimum absolute atomic E-state index is 0.105. The number of hydrogen-bond acceptors (Lipinski definition) is 8. The third-order valence-electron chi connectivity index (χ3n) is 7.40. The zero-order chi connectivity index (χ0) is 31.9. The number of methoxy groups -OCH3 is 1. The first kappa shape index (κ1) is 31.8. The molecule has 0 radical (unpaired) electrons. The average Bonchev–Trinajstić information content (AvgIpc) is 3.49. The van der Waals surface area contributed by atoms with Crippen molar-refractivity contribution >= 4 is 52.4 Å². The third-order valence-corrected chi connectivity index (χ3v) is 7.40. The van der Waals surface area contributed by atoms with Gasteiger partial charge in [0.2, 0.25) is 5.91 Å². The van der Waals surface area contributed by atoms with Crippen LogP contribution in [0.5, 0.6) is 5.75 Å². The highest BCUT2D eigenvalue weighted by atomic mass is 16.5. The molecule has 1 fully saturated rings. The van der Waals surface area contributed by atoms with Crippen molar-refractivity contribution in [1.82, 2.24) is 25.1 Å². The number of anilines is 1. The van der Waals surface area contributed by atoms with E-state index < -0.39 is 17.1 Å². The number of ether oxygens (including phenoxy) is 1. The maximum absolute atomic E-state index is 13.4. The molecule has 0 unspecified atom stereocenters. The number of hydrogen-bond donors (Lipinski definition) is 5. The molecule has 0 bridgehead atoms. The second-order valence-electron chi connectivity index (χ2n) is 10.8. The van der Waals surface area contributed by atoms with Gasteiger partial charge in [-0.15, -0.1) is 0 Å². The average molecular weight is 605 g/mol. The first-order chi connectivity index (χ1) is 21.1. The number of amides is 3. The molecule has 0 saturated carbocycles. The van der Waals surface area contributed by atoms with Gasteiger partial charge in [0.25, 0.3) is 17.6 Å². The minimum atomic E-state index is -0.782. The largest absolute Gasteiger partial charge is 0.494 e. The first-order valence-corrected chi connectivity index (χ1v) is 14.0. The lowest BCUT2D eigenvalue weighted by molar-refractivity contribution is -0.130. The van der Waals surface area contributed by atoms with Crippen molar-refractivity contribution in [3.63, 3.8) is 0 Å². The number of fused-ring (bicyclic) bond motifs is 1. The number of ketones is 1. The molecule has 3 aromatic rings. The maximum atomic E-state index is 13.4. The van der Waals surface area contributed by atoms with Crippen LogP contribution in [0.2, 0.25) is 0 Å². The van der Waals surface area contributed by atoms with Crippen molar-refractivity contribution in [2.24, 2.45) is 10.4 Å². The van der Waals surface area contributed by atoms with Crippen LogP contribution in [0.1, 0.15) is 41.0 Å². The fraction of sp³-hybridized carbons (Fsp3) is 0.367. The summed E-state index contributed by atoms with van der Waals surface area (Å²) in [5.74, 6) is -1.43. The van der Waals surface area contributed by atoms with Crippen molar-refractivity contribution in [2.45, 2.75) is 20.3 Å². The second kappa shape index (κ2) is 13.9. The van der Waals surface area contributed by atoms with Gasteiger partial charge in [-0.3, -0.25) is 24.6 Å². The molecule has 0 atom stereocenters. The fourth-order valence-corrected chi connectivity index (χ4v) is 4.71. The number of carbonyl (C=O) groups excluding carboxylic acids is 4. The topological polar surface area (TPSA) is 193 Å². The number of aromatic nitrogens is 2. The zero-order valence-electron chi connectivity index (χ0n) is 24.8. The van der Waals surface area contributed by atoms with E-state index in [4.69, 9.17) is 15.3 Å². The summed E-state index contributed by atoms with van der Waals surface area (Å²) in [6.07, 6.45) is 4.33. The van der Waals surface area contributed by atoms with Crippen LogP contribution in [0.4, 0.5) is 5.82 Å². The number of Topliss-reactive ketones (excluding diaryl/α,β-unsaturated/α-hetero) is 1. The molecule has 1 saturated heterocycles. The first-order valence-electron chi connectivity index (χ1n) is 14.0. The number of aliphatic imine (C=N–C) groups is 1. The molecule has 14 heteroatoms. The highest BCUT2D eigenvalue weighted by molar-refractivity contribution is 6.45. The Balaban J connectivity index is 1.41. The predicted molar refractivity (Wildman–Crippen MR) is 164 cm³/mol. The van der Waals surface area contributed by atoms with E-state index in [0.29, 0.717) is 29.6 Å². The monoisotopic (exact) mass is 604 g/mol. The SMILES string of the molecule is COc1cnc(N/C=N\C(=N)CNC(=O)C(C)(C)CCO)c2[nH]cc(C(=O)C(=O)N3CCN(C(=O)c4ccccc4)CC3)c12. The van der Waals surface area contributed by atoms with Crippen LogP contribution < -0.4 is 15.4 Å². The number of nitrogens with one attached hydrogen (secondary N) is 4. The number of aliphatic hydroxyl groups excluding tert-OH is 1. The standard InChI is InChI=1S/C30H36N8O6/c1-30(2,9-14-39)29(43)34-17-22(31)35-18-36-26-24-23(21(44-3)16-33-26)20(15-32-24)25(40)28(42)38-12-10-37(11-13-38)27(41)19-7-5-4-6-8-19/h4-8,15-16,18,32,39H,9-14,17H2,1-3H3,(H,34,43)(H2,31,33,35,36).